The van der Waals surface area contributed by atoms with E-state index in [-0.39, 0.29) is 5.91 Å². The maximum absolute atomic E-state index is 11.6. The van der Waals surface area contributed by atoms with Crippen molar-refractivity contribution in [2.75, 3.05) is 13.1 Å². The molecule has 2 heterocycles. The van der Waals surface area contributed by atoms with Crippen LogP contribution in [-0.2, 0) is 4.79 Å². The van der Waals surface area contributed by atoms with Crippen LogP contribution in [0.3, 0.4) is 0 Å². The van der Waals surface area contributed by atoms with Gasteiger partial charge in [-0.1, -0.05) is 6.92 Å². The quantitative estimate of drug-likeness (QED) is 0.787. The zero-order valence-electron chi connectivity index (χ0n) is 10.9. The van der Waals surface area contributed by atoms with Crippen molar-refractivity contribution in [2.24, 2.45) is 0 Å². The summed E-state index contributed by atoms with van der Waals surface area (Å²) in [6.45, 7) is 7.85. The van der Waals surface area contributed by atoms with Gasteiger partial charge in [0.25, 0.3) is 0 Å². The first-order chi connectivity index (χ1) is 8.13. The second-order valence-corrected chi connectivity index (χ2v) is 4.78. The highest BCUT2D eigenvalue weighted by Crippen LogP contribution is 2.25. The van der Waals surface area contributed by atoms with Crippen molar-refractivity contribution in [3.8, 4) is 0 Å². The van der Waals surface area contributed by atoms with Crippen LogP contribution >= 0.6 is 0 Å². The largest absolute Gasteiger partial charge is 0.343 e. The Morgan fingerprint density at radius 3 is 2.53 bits per heavy atom. The van der Waals surface area contributed by atoms with Crippen LogP contribution in [-0.4, -0.2) is 33.4 Å². The molecule has 0 radical (unpaired) electrons. The van der Waals surface area contributed by atoms with Crippen LogP contribution in [0.15, 0.2) is 6.20 Å². The molecule has 0 aromatic carbocycles. The lowest BCUT2D eigenvalue weighted by molar-refractivity contribution is -0.132. The number of hydrogen-bond donors (Lipinski definition) is 0. The Morgan fingerprint density at radius 2 is 2.06 bits per heavy atom. The third-order valence-electron chi connectivity index (χ3n) is 3.65. The molecule has 1 amide bonds. The summed E-state index contributed by atoms with van der Waals surface area (Å²) < 4.78 is 2.31. The summed E-state index contributed by atoms with van der Waals surface area (Å²) in [6, 6.07) is 0.512. The standard InChI is InChI=1S/C13H21N3O/c1-4-13(17)15-7-5-12(6-8-15)16-10(2)9-14-11(16)3/h9,12H,4-8H2,1-3H3. The number of piperidine rings is 1. The van der Waals surface area contributed by atoms with E-state index in [1.165, 1.54) is 5.69 Å². The Balaban J connectivity index is 2.02. The van der Waals surface area contributed by atoms with Gasteiger partial charge in [-0.2, -0.15) is 0 Å². The minimum Gasteiger partial charge on any atom is -0.343 e. The Hall–Kier alpha value is -1.32. The van der Waals surface area contributed by atoms with Crippen LogP contribution in [0.5, 0.6) is 0 Å². The molecule has 1 aromatic heterocycles. The molecule has 0 unspecified atom stereocenters. The van der Waals surface area contributed by atoms with Gasteiger partial charge in [-0.05, 0) is 26.7 Å². The average Bonchev–Trinajstić information content (AvgIpc) is 2.68. The molecule has 94 valence electrons. The predicted octanol–water partition coefficient (Wildman–Crippen LogP) is 2.07. The first-order valence-corrected chi connectivity index (χ1v) is 6.41. The molecule has 0 N–H and O–H groups in total. The molecule has 0 atom stereocenters. The number of nitrogens with zero attached hydrogens (tertiary/aromatic N) is 3. The Bertz CT molecular complexity index is 383. The van der Waals surface area contributed by atoms with Crippen molar-refractivity contribution >= 4 is 5.91 Å². The molecule has 1 aromatic rings. The molecular weight excluding hydrogens is 214 g/mol. The zero-order chi connectivity index (χ0) is 12.4. The van der Waals surface area contributed by atoms with E-state index in [1.54, 1.807) is 0 Å². The lowest BCUT2D eigenvalue weighted by Crippen LogP contribution is -2.39. The second-order valence-electron chi connectivity index (χ2n) is 4.78. The zero-order valence-corrected chi connectivity index (χ0v) is 10.9. The molecule has 1 aliphatic heterocycles. The fourth-order valence-corrected chi connectivity index (χ4v) is 2.72. The van der Waals surface area contributed by atoms with Crippen molar-refractivity contribution in [1.29, 1.82) is 0 Å². The second kappa shape index (κ2) is 4.90. The molecule has 2 rings (SSSR count). The van der Waals surface area contributed by atoms with E-state index in [4.69, 9.17) is 0 Å². The lowest BCUT2D eigenvalue weighted by atomic mass is 10.0. The van der Waals surface area contributed by atoms with Crippen LogP contribution in [0.1, 0.15) is 43.7 Å². The summed E-state index contributed by atoms with van der Waals surface area (Å²) >= 11 is 0. The van der Waals surface area contributed by atoms with E-state index in [0.717, 1.165) is 31.8 Å². The smallest absolute Gasteiger partial charge is 0.222 e. The summed E-state index contributed by atoms with van der Waals surface area (Å²) in [5.74, 6) is 1.37. The number of carbonyl (C=O) groups is 1. The Morgan fingerprint density at radius 1 is 1.41 bits per heavy atom. The fraction of sp³-hybridized carbons (Fsp3) is 0.692. The van der Waals surface area contributed by atoms with Crippen molar-refractivity contribution in [2.45, 2.75) is 46.1 Å². The molecule has 1 saturated heterocycles. The third kappa shape index (κ3) is 2.35. The van der Waals surface area contributed by atoms with Gasteiger partial charge in [-0.3, -0.25) is 4.79 Å². The van der Waals surface area contributed by atoms with Gasteiger partial charge < -0.3 is 9.47 Å². The molecule has 17 heavy (non-hydrogen) atoms. The van der Waals surface area contributed by atoms with E-state index in [9.17, 15) is 4.79 Å². The monoisotopic (exact) mass is 235 g/mol. The third-order valence-corrected chi connectivity index (χ3v) is 3.65. The van der Waals surface area contributed by atoms with Crippen molar-refractivity contribution < 1.29 is 4.79 Å². The van der Waals surface area contributed by atoms with E-state index >= 15 is 0 Å². The average molecular weight is 235 g/mol. The molecule has 0 spiro atoms. The number of imidazole rings is 1. The molecule has 1 aliphatic rings. The topological polar surface area (TPSA) is 38.1 Å². The first-order valence-electron chi connectivity index (χ1n) is 6.41. The molecule has 0 aliphatic carbocycles. The summed E-state index contributed by atoms with van der Waals surface area (Å²) in [5, 5.41) is 0. The summed E-state index contributed by atoms with van der Waals surface area (Å²) in [6.07, 6.45) is 4.64. The van der Waals surface area contributed by atoms with E-state index in [1.807, 2.05) is 18.0 Å². The predicted molar refractivity (Wildman–Crippen MR) is 66.8 cm³/mol. The molecule has 0 saturated carbocycles. The summed E-state index contributed by atoms with van der Waals surface area (Å²) in [5.41, 5.74) is 1.22. The normalized spacial score (nSPS) is 17.5. The van der Waals surface area contributed by atoms with Crippen LogP contribution < -0.4 is 0 Å². The van der Waals surface area contributed by atoms with Crippen molar-refractivity contribution in [3.05, 3.63) is 17.7 Å². The Kier molecular flexibility index (Phi) is 3.50. The number of carbonyl (C=O) groups excluding carboxylic acids is 1. The summed E-state index contributed by atoms with van der Waals surface area (Å²) in [7, 11) is 0. The van der Waals surface area contributed by atoms with Gasteiger partial charge in [0, 0.05) is 37.4 Å². The van der Waals surface area contributed by atoms with Crippen LogP contribution in [0.2, 0.25) is 0 Å². The number of rotatable bonds is 2. The van der Waals surface area contributed by atoms with Crippen LogP contribution in [0.25, 0.3) is 0 Å². The molecule has 4 heteroatoms. The maximum atomic E-state index is 11.6. The highest BCUT2D eigenvalue weighted by atomic mass is 16.2. The fourth-order valence-electron chi connectivity index (χ4n) is 2.72. The number of hydrogen-bond acceptors (Lipinski definition) is 2. The van der Waals surface area contributed by atoms with Gasteiger partial charge in [-0.15, -0.1) is 0 Å². The summed E-state index contributed by atoms with van der Waals surface area (Å²) in [4.78, 5) is 17.9. The lowest BCUT2D eigenvalue weighted by Gasteiger charge is -2.33. The molecule has 1 fully saturated rings. The Labute approximate surface area is 103 Å². The van der Waals surface area contributed by atoms with Gasteiger partial charge in [0.15, 0.2) is 0 Å². The SMILES string of the molecule is CCC(=O)N1CCC(n2c(C)cnc2C)CC1. The minimum absolute atomic E-state index is 0.280. The van der Waals surface area contributed by atoms with Gasteiger partial charge in [-0.25, -0.2) is 4.98 Å². The van der Waals surface area contributed by atoms with E-state index in [2.05, 4.69) is 23.4 Å². The molecular formula is C13H21N3O. The highest BCUT2D eigenvalue weighted by molar-refractivity contribution is 5.75. The van der Waals surface area contributed by atoms with Crippen LogP contribution in [0, 0.1) is 13.8 Å². The number of likely N-dealkylation sites (tertiary alicyclic amines) is 1. The van der Waals surface area contributed by atoms with E-state index < -0.39 is 0 Å². The highest BCUT2D eigenvalue weighted by Gasteiger charge is 2.24. The van der Waals surface area contributed by atoms with E-state index in [0.29, 0.717) is 12.5 Å². The number of aryl methyl sites for hydroxylation is 2. The number of amides is 1. The maximum Gasteiger partial charge on any atom is 0.222 e. The van der Waals surface area contributed by atoms with Gasteiger partial charge in [0.2, 0.25) is 5.91 Å². The molecule has 4 nitrogen and oxygen atoms in total. The van der Waals surface area contributed by atoms with Gasteiger partial charge in [0.05, 0.1) is 0 Å². The minimum atomic E-state index is 0.280. The number of aromatic nitrogens is 2. The molecule has 0 bridgehead atoms. The van der Waals surface area contributed by atoms with Crippen molar-refractivity contribution in [1.82, 2.24) is 14.5 Å². The van der Waals surface area contributed by atoms with Crippen molar-refractivity contribution in [3.63, 3.8) is 0 Å². The van der Waals surface area contributed by atoms with Crippen LogP contribution in [0.4, 0.5) is 0 Å². The van der Waals surface area contributed by atoms with Gasteiger partial charge >= 0.3 is 0 Å². The van der Waals surface area contributed by atoms with Gasteiger partial charge in [0.1, 0.15) is 5.82 Å². The first kappa shape index (κ1) is 12.1.